The van der Waals surface area contributed by atoms with Crippen LogP contribution in [0.15, 0.2) is 36.4 Å². The maximum atomic E-state index is 13.0. The first-order valence-corrected chi connectivity index (χ1v) is 10.1. The molecule has 3 aliphatic rings. The average molecular weight is 368 g/mol. The molecular weight excluding hydrogens is 340 g/mol. The zero-order chi connectivity index (χ0) is 18.8. The van der Waals surface area contributed by atoms with Crippen molar-refractivity contribution in [1.82, 2.24) is 9.80 Å². The zero-order valence-corrected chi connectivity index (χ0v) is 15.7. The van der Waals surface area contributed by atoms with E-state index in [4.69, 9.17) is 0 Å². The van der Waals surface area contributed by atoms with Crippen LogP contribution in [0, 0.1) is 23.7 Å². The highest BCUT2D eigenvalue weighted by Gasteiger charge is 2.54. The van der Waals surface area contributed by atoms with Gasteiger partial charge in [0, 0.05) is 32.7 Å². The van der Waals surface area contributed by atoms with Crippen molar-refractivity contribution < 1.29 is 14.7 Å². The van der Waals surface area contributed by atoms with Crippen molar-refractivity contribution in [1.29, 1.82) is 0 Å². The number of piperazine rings is 1. The van der Waals surface area contributed by atoms with Crippen LogP contribution in [0.3, 0.4) is 0 Å². The molecule has 1 N–H and O–H groups in total. The monoisotopic (exact) mass is 368 g/mol. The van der Waals surface area contributed by atoms with Gasteiger partial charge in [0.05, 0.1) is 11.8 Å². The van der Waals surface area contributed by atoms with Crippen molar-refractivity contribution in [3.63, 3.8) is 0 Å². The van der Waals surface area contributed by atoms with Crippen molar-refractivity contribution in [2.45, 2.75) is 19.3 Å². The van der Waals surface area contributed by atoms with Gasteiger partial charge in [0.1, 0.15) is 0 Å². The molecule has 1 amide bonds. The Morgan fingerprint density at radius 2 is 1.67 bits per heavy atom. The molecule has 1 aromatic rings. The number of carboxylic acid groups (broad SMARTS) is 1. The second-order valence-electron chi connectivity index (χ2n) is 8.16. The third-order valence-electron chi connectivity index (χ3n) is 6.64. The molecule has 4 atom stereocenters. The number of fused-ring (bicyclic) bond motifs is 2. The van der Waals surface area contributed by atoms with Gasteiger partial charge in [-0.3, -0.25) is 14.5 Å². The molecule has 5 nitrogen and oxygen atoms in total. The predicted molar refractivity (Wildman–Crippen MR) is 104 cm³/mol. The first-order chi connectivity index (χ1) is 13.1. The lowest BCUT2D eigenvalue weighted by molar-refractivity contribution is -0.153. The topological polar surface area (TPSA) is 60.9 Å². The molecule has 0 radical (unpaired) electrons. The van der Waals surface area contributed by atoms with Gasteiger partial charge in [-0.2, -0.15) is 0 Å². The lowest BCUT2D eigenvalue weighted by Crippen LogP contribution is -2.52. The summed E-state index contributed by atoms with van der Waals surface area (Å²) in [5.74, 6) is -0.922. The van der Waals surface area contributed by atoms with Crippen molar-refractivity contribution >= 4 is 18.0 Å². The summed E-state index contributed by atoms with van der Waals surface area (Å²) < 4.78 is 0. The van der Waals surface area contributed by atoms with Crippen LogP contribution in [0.4, 0.5) is 0 Å². The van der Waals surface area contributed by atoms with Crippen LogP contribution in [-0.4, -0.2) is 59.5 Å². The van der Waals surface area contributed by atoms with E-state index in [-0.39, 0.29) is 23.7 Å². The highest BCUT2D eigenvalue weighted by molar-refractivity contribution is 5.86. The molecule has 1 aliphatic heterocycles. The number of aliphatic carboxylic acids is 1. The minimum absolute atomic E-state index is 0.0917. The Hall–Kier alpha value is -2.14. The fraction of sp³-hybridized carbons (Fsp3) is 0.545. The SMILES string of the molecule is O=C(O)[C@H]1[C@H]2CC[C@H](C2)[C@@H]1C(=O)N1CCN(C/C=C/c2ccccc2)CC1. The summed E-state index contributed by atoms with van der Waals surface area (Å²) in [5, 5.41) is 9.60. The lowest BCUT2D eigenvalue weighted by Gasteiger charge is -2.38. The molecule has 144 valence electrons. The number of carbonyl (C=O) groups excluding carboxylic acids is 1. The number of carbonyl (C=O) groups is 2. The van der Waals surface area contributed by atoms with Crippen molar-refractivity contribution in [3.05, 3.63) is 42.0 Å². The van der Waals surface area contributed by atoms with E-state index in [9.17, 15) is 14.7 Å². The smallest absolute Gasteiger partial charge is 0.307 e. The highest BCUT2D eigenvalue weighted by atomic mass is 16.4. The Balaban J connectivity index is 1.29. The number of rotatable bonds is 5. The van der Waals surface area contributed by atoms with E-state index in [0.717, 1.165) is 38.9 Å². The Kier molecular flexibility index (Phi) is 5.30. The number of amides is 1. The number of carboxylic acids is 1. The molecule has 4 rings (SSSR count). The molecule has 1 saturated heterocycles. The van der Waals surface area contributed by atoms with Crippen LogP contribution in [0.1, 0.15) is 24.8 Å². The normalized spacial score (nSPS) is 30.9. The summed E-state index contributed by atoms with van der Waals surface area (Å²) in [6.07, 6.45) is 7.23. The standard InChI is InChI=1S/C22H28N2O3/c25-21(19-17-8-9-18(15-17)20(19)22(26)27)24-13-11-23(12-14-24)10-4-7-16-5-2-1-3-6-16/h1-7,17-20H,8-15H2,(H,26,27)/b7-4+/t17-,18+,19+,20+/m1/s1. The van der Waals surface area contributed by atoms with Gasteiger partial charge in [-0.1, -0.05) is 42.5 Å². The Labute approximate surface area is 160 Å². The molecule has 1 heterocycles. The van der Waals surface area contributed by atoms with Crippen LogP contribution >= 0.6 is 0 Å². The van der Waals surface area contributed by atoms with Crippen molar-refractivity contribution in [3.8, 4) is 0 Å². The molecule has 3 fully saturated rings. The number of nitrogens with zero attached hydrogens (tertiary/aromatic N) is 2. The Morgan fingerprint density at radius 3 is 2.33 bits per heavy atom. The largest absolute Gasteiger partial charge is 0.481 e. The molecule has 2 bridgehead atoms. The van der Waals surface area contributed by atoms with Crippen LogP contribution < -0.4 is 0 Å². The Morgan fingerprint density at radius 1 is 1.00 bits per heavy atom. The average Bonchev–Trinajstić information content (AvgIpc) is 3.30. The van der Waals surface area contributed by atoms with Crippen LogP contribution in [0.5, 0.6) is 0 Å². The van der Waals surface area contributed by atoms with E-state index in [1.165, 1.54) is 5.56 Å². The van der Waals surface area contributed by atoms with Crippen LogP contribution in [-0.2, 0) is 9.59 Å². The summed E-state index contributed by atoms with van der Waals surface area (Å²) in [4.78, 5) is 29.0. The maximum Gasteiger partial charge on any atom is 0.307 e. The minimum Gasteiger partial charge on any atom is -0.481 e. The third-order valence-corrected chi connectivity index (χ3v) is 6.64. The van der Waals surface area contributed by atoms with E-state index < -0.39 is 11.9 Å². The van der Waals surface area contributed by atoms with Gasteiger partial charge >= 0.3 is 5.97 Å². The Bertz CT molecular complexity index is 710. The summed E-state index contributed by atoms with van der Waals surface area (Å²) in [7, 11) is 0. The van der Waals surface area contributed by atoms with Crippen molar-refractivity contribution in [2.24, 2.45) is 23.7 Å². The van der Waals surface area contributed by atoms with E-state index in [0.29, 0.717) is 13.1 Å². The van der Waals surface area contributed by atoms with Gasteiger partial charge in [-0.25, -0.2) is 0 Å². The van der Waals surface area contributed by atoms with Crippen LogP contribution in [0.2, 0.25) is 0 Å². The molecule has 1 aromatic carbocycles. The van der Waals surface area contributed by atoms with Crippen molar-refractivity contribution in [2.75, 3.05) is 32.7 Å². The van der Waals surface area contributed by atoms with E-state index >= 15 is 0 Å². The third kappa shape index (κ3) is 3.79. The molecule has 27 heavy (non-hydrogen) atoms. The van der Waals surface area contributed by atoms with Gasteiger partial charge in [-0.05, 0) is 36.7 Å². The summed E-state index contributed by atoms with van der Waals surface area (Å²) in [6, 6.07) is 10.2. The summed E-state index contributed by atoms with van der Waals surface area (Å²) in [5.41, 5.74) is 1.20. The second kappa shape index (κ2) is 7.85. The molecule has 0 unspecified atom stereocenters. The van der Waals surface area contributed by atoms with E-state index in [1.807, 2.05) is 23.1 Å². The molecule has 5 heteroatoms. The molecule has 2 aliphatic carbocycles. The number of hydrogen-bond donors (Lipinski definition) is 1. The zero-order valence-electron chi connectivity index (χ0n) is 15.7. The summed E-state index contributed by atoms with van der Waals surface area (Å²) in [6.45, 7) is 3.99. The van der Waals surface area contributed by atoms with Gasteiger partial charge in [-0.15, -0.1) is 0 Å². The number of benzene rings is 1. The molecule has 0 spiro atoms. The van der Waals surface area contributed by atoms with Gasteiger partial charge < -0.3 is 10.0 Å². The summed E-state index contributed by atoms with van der Waals surface area (Å²) >= 11 is 0. The maximum absolute atomic E-state index is 13.0. The van der Waals surface area contributed by atoms with Gasteiger partial charge in [0.25, 0.3) is 0 Å². The highest BCUT2D eigenvalue weighted by Crippen LogP contribution is 2.53. The van der Waals surface area contributed by atoms with Crippen LogP contribution in [0.25, 0.3) is 6.08 Å². The van der Waals surface area contributed by atoms with Gasteiger partial charge in [0.2, 0.25) is 5.91 Å². The first-order valence-electron chi connectivity index (χ1n) is 10.1. The first kappa shape index (κ1) is 18.2. The fourth-order valence-corrected chi connectivity index (χ4v) is 5.27. The fourth-order valence-electron chi connectivity index (χ4n) is 5.27. The van der Waals surface area contributed by atoms with E-state index in [1.54, 1.807) is 0 Å². The predicted octanol–water partition coefficient (Wildman–Crippen LogP) is 2.59. The van der Waals surface area contributed by atoms with Gasteiger partial charge in [0.15, 0.2) is 0 Å². The molecular formula is C22H28N2O3. The molecule has 2 saturated carbocycles. The van der Waals surface area contributed by atoms with E-state index in [2.05, 4.69) is 29.2 Å². The minimum atomic E-state index is -0.773. The quantitative estimate of drug-likeness (QED) is 0.868. The second-order valence-corrected chi connectivity index (χ2v) is 8.16. The lowest BCUT2D eigenvalue weighted by atomic mass is 9.78. The number of hydrogen-bond acceptors (Lipinski definition) is 3. The molecule has 0 aromatic heterocycles.